The minimum atomic E-state index is -0.147. The van der Waals surface area contributed by atoms with Crippen LogP contribution in [0.4, 0.5) is 4.39 Å². The number of nitrogens with one attached hydrogen (secondary N) is 1. The molecule has 1 aliphatic heterocycles. The summed E-state index contributed by atoms with van der Waals surface area (Å²) in [6.45, 7) is 2.31. The Morgan fingerprint density at radius 3 is 1.88 bits per heavy atom. The van der Waals surface area contributed by atoms with E-state index in [1.54, 1.807) is 12.1 Å². The topological polar surface area (TPSA) is 12.0 Å². The van der Waals surface area contributed by atoms with Crippen molar-refractivity contribution in [3.8, 4) is 0 Å². The van der Waals surface area contributed by atoms with Crippen LogP contribution in [-0.2, 0) is 12.8 Å². The van der Waals surface area contributed by atoms with Crippen LogP contribution in [0.2, 0.25) is 0 Å². The molecule has 1 fully saturated rings. The highest BCUT2D eigenvalue weighted by atomic mass is 19.1. The summed E-state index contributed by atoms with van der Waals surface area (Å²) in [4.78, 5) is 0. The van der Waals surface area contributed by atoms with Crippen LogP contribution in [0.3, 0.4) is 0 Å². The van der Waals surface area contributed by atoms with Crippen molar-refractivity contribution >= 4 is 0 Å². The Balaban J connectivity index is 1.36. The molecule has 24 heavy (non-hydrogen) atoms. The highest BCUT2D eigenvalue weighted by Gasteiger charge is 2.14. The van der Waals surface area contributed by atoms with Crippen molar-refractivity contribution in [1.29, 1.82) is 0 Å². The van der Waals surface area contributed by atoms with Crippen molar-refractivity contribution in [2.24, 2.45) is 0 Å². The standard InChI is InChI=1S/C22H28FN/c23-22-12-8-19(9-13-22)5-3-1-2-4-18-6-10-20(11-7-18)21-14-16-24-17-15-21/h6-13,21,24H,1-5,14-17H2. The van der Waals surface area contributed by atoms with Gasteiger partial charge in [0.1, 0.15) is 5.82 Å². The van der Waals surface area contributed by atoms with Crippen LogP contribution in [0.15, 0.2) is 48.5 Å². The van der Waals surface area contributed by atoms with Crippen LogP contribution in [0, 0.1) is 5.82 Å². The lowest BCUT2D eigenvalue weighted by Gasteiger charge is -2.23. The molecule has 0 spiro atoms. The van der Waals surface area contributed by atoms with Crippen molar-refractivity contribution in [2.45, 2.75) is 50.9 Å². The zero-order valence-corrected chi connectivity index (χ0v) is 14.4. The fourth-order valence-corrected chi connectivity index (χ4v) is 3.60. The molecule has 0 aliphatic carbocycles. The summed E-state index contributed by atoms with van der Waals surface area (Å²) in [6.07, 6.45) is 8.39. The molecule has 0 saturated carbocycles. The van der Waals surface area contributed by atoms with Crippen molar-refractivity contribution in [3.63, 3.8) is 0 Å². The first-order chi connectivity index (χ1) is 11.8. The molecule has 0 atom stereocenters. The van der Waals surface area contributed by atoms with Crippen LogP contribution >= 0.6 is 0 Å². The van der Waals surface area contributed by atoms with Crippen molar-refractivity contribution in [2.75, 3.05) is 13.1 Å². The summed E-state index contributed by atoms with van der Waals surface area (Å²) in [7, 11) is 0. The number of halogens is 1. The molecule has 0 bridgehead atoms. The summed E-state index contributed by atoms with van der Waals surface area (Å²) < 4.78 is 12.9. The van der Waals surface area contributed by atoms with E-state index in [-0.39, 0.29) is 5.82 Å². The molecule has 1 N–H and O–H groups in total. The van der Waals surface area contributed by atoms with Gasteiger partial charge >= 0.3 is 0 Å². The molecule has 1 saturated heterocycles. The van der Waals surface area contributed by atoms with Crippen LogP contribution in [0.5, 0.6) is 0 Å². The Bertz CT molecular complexity index is 597. The van der Waals surface area contributed by atoms with Crippen molar-refractivity contribution in [1.82, 2.24) is 5.32 Å². The Kier molecular flexibility index (Phi) is 6.42. The Morgan fingerprint density at radius 2 is 1.29 bits per heavy atom. The van der Waals surface area contributed by atoms with Gasteiger partial charge in [0.15, 0.2) is 0 Å². The summed E-state index contributed by atoms with van der Waals surface area (Å²) >= 11 is 0. The normalized spacial score (nSPS) is 15.5. The van der Waals surface area contributed by atoms with Crippen LogP contribution < -0.4 is 5.32 Å². The van der Waals surface area contributed by atoms with Crippen molar-refractivity contribution in [3.05, 3.63) is 71.0 Å². The number of hydrogen-bond donors (Lipinski definition) is 1. The number of benzene rings is 2. The maximum Gasteiger partial charge on any atom is 0.123 e. The van der Waals surface area contributed by atoms with E-state index in [9.17, 15) is 4.39 Å². The van der Waals surface area contributed by atoms with Gasteiger partial charge in [0.25, 0.3) is 0 Å². The first-order valence-electron chi connectivity index (χ1n) is 9.35. The molecule has 0 unspecified atom stereocenters. The molecule has 0 amide bonds. The second-order valence-electron chi connectivity index (χ2n) is 6.95. The van der Waals surface area contributed by atoms with Crippen LogP contribution in [-0.4, -0.2) is 13.1 Å². The monoisotopic (exact) mass is 325 g/mol. The second kappa shape index (κ2) is 8.98. The van der Waals surface area contributed by atoms with E-state index < -0.39 is 0 Å². The molecule has 2 aromatic rings. The molecule has 1 heterocycles. The summed E-state index contributed by atoms with van der Waals surface area (Å²) in [5.74, 6) is 0.600. The quantitative estimate of drug-likeness (QED) is 0.686. The van der Waals surface area contributed by atoms with Gasteiger partial charge in [0.2, 0.25) is 0 Å². The number of aryl methyl sites for hydroxylation is 2. The first kappa shape index (κ1) is 17.2. The van der Waals surface area contributed by atoms with Crippen molar-refractivity contribution < 1.29 is 4.39 Å². The van der Waals surface area contributed by atoms with E-state index in [2.05, 4.69) is 29.6 Å². The number of piperidine rings is 1. The average Bonchev–Trinajstić information content (AvgIpc) is 2.64. The van der Waals surface area contributed by atoms with Gasteiger partial charge in [-0.05, 0) is 86.4 Å². The Hall–Kier alpha value is -1.67. The lowest BCUT2D eigenvalue weighted by atomic mass is 9.89. The minimum Gasteiger partial charge on any atom is -0.317 e. The SMILES string of the molecule is Fc1ccc(CCCCCc2ccc(C3CCNCC3)cc2)cc1. The Morgan fingerprint density at radius 1 is 0.750 bits per heavy atom. The van der Waals surface area contributed by atoms with Gasteiger partial charge in [-0.25, -0.2) is 4.39 Å². The second-order valence-corrected chi connectivity index (χ2v) is 6.95. The fraction of sp³-hybridized carbons (Fsp3) is 0.455. The highest BCUT2D eigenvalue weighted by molar-refractivity contribution is 5.26. The number of rotatable bonds is 7. The summed E-state index contributed by atoms with van der Waals surface area (Å²) in [5.41, 5.74) is 4.20. The van der Waals surface area contributed by atoms with E-state index >= 15 is 0 Å². The lowest BCUT2D eigenvalue weighted by Crippen LogP contribution is -2.26. The van der Waals surface area contributed by atoms with E-state index in [4.69, 9.17) is 0 Å². The van der Waals surface area contributed by atoms with E-state index in [0.29, 0.717) is 0 Å². The van der Waals surface area contributed by atoms with Gasteiger partial charge in [-0.2, -0.15) is 0 Å². The molecule has 128 valence electrons. The highest BCUT2D eigenvalue weighted by Crippen LogP contribution is 2.25. The molecular formula is C22H28FN. The van der Waals surface area contributed by atoms with E-state index in [0.717, 1.165) is 31.8 Å². The minimum absolute atomic E-state index is 0.147. The summed E-state index contributed by atoms with van der Waals surface area (Å²) in [6, 6.07) is 16.2. The number of hydrogen-bond acceptors (Lipinski definition) is 1. The zero-order valence-electron chi connectivity index (χ0n) is 14.4. The molecule has 1 aliphatic rings. The van der Waals surface area contributed by atoms with Gasteiger partial charge in [0.05, 0.1) is 0 Å². The third kappa shape index (κ3) is 5.17. The van der Waals surface area contributed by atoms with Gasteiger partial charge in [-0.3, -0.25) is 0 Å². The lowest BCUT2D eigenvalue weighted by molar-refractivity contribution is 0.460. The van der Waals surface area contributed by atoms with Gasteiger partial charge < -0.3 is 5.32 Å². The Labute approximate surface area is 145 Å². The van der Waals surface area contributed by atoms with E-state index in [1.807, 2.05) is 12.1 Å². The first-order valence-corrected chi connectivity index (χ1v) is 9.35. The smallest absolute Gasteiger partial charge is 0.123 e. The van der Waals surface area contributed by atoms with Gasteiger partial charge in [0, 0.05) is 0 Å². The molecule has 2 heteroatoms. The average molecular weight is 325 g/mol. The predicted octanol–water partition coefficient (Wildman–Crippen LogP) is 5.25. The van der Waals surface area contributed by atoms with Crippen LogP contribution in [0.1, 0.15) is 54.7 Å². The third-order valence-electron chi connectivity index (χ3n) is 5.13. The molecular weight excluding hydrogens is 297 g/mol. The predicted molar refractivity (Wildman–Crippen MR) is 98.9 cm³/mol. The third-order valence-corrected chi connectivity index (χ3v) is 5.13. The van der Waals surface area contributed by atoms with Gasteiger partial charge in [-0.15, -0.1) is 0 Å². The molecule has 3 rings (SSSR count). The fourth-order valence-electron chi connectivity index (χ4n) is 3.60. The molecule has 0 aromatic heterocycles. The van der Waals surface area contributed by atoms with Gasteiger partial charge in [-0.1, -0.05) is 42.8 Å². The zero-order chi connectivity index (χ0) is 16.6. The molecule has 2 aromatic carbocycles. The number of unbranched alkanes of at least 4 members (excludes halogenated alkanes) is 2. The molecule has 0 radical (unpaired) electrons. The van der Waals surface area contributed by atoms with E-state index in [1.165, 1.54) is 48.8 Å². The maximum absolute atomic E-state index is 12.9. The molecule has 1 nitrogen and oxygen atoms in total. The maximum atomic E-state index is 12.9. The summed E-state index contributed by atoms with van der Waals surface area (Å²) in [5, 5.41) is 3.43. The largest absolute Gasteiger partial charge is 0.317 e. The van der Waals surface area contributed by atoms with Crippen LogP contribution in [0.25, 0.3) is 0 Å².